The number of hydrogen-bond donors (Lipinski definition) is 4. The van der Waals surface area contributed by atoms with Crippen molar-refractivity contribution in [2.45, 2.75) is 6.54 Å². The molecule has 0 aliphatic heterocycles. The van der Waals surface area contributed by atoms with Crippen LogP contribution in [0.4, 0.5) is 21.7 Å². The molecule has 140 valence electrons. The summed E-state index contributed by atoms with van der Waals surface area (Å²) in [7, 11) is 0. The van der Waals surface area contributed by atoms with Crippen molar-refractivity contribution in [1.29, 1.82) is 0 Å². The number of anilines is 3. The number of carbonyl (C=O) groups excluding carboxylic acids is 1. The van der Waals surface area contributed by atoms with Crippen LogP contribution in [0.15, 0.2) is 55.1 Å². The Morgan fingerprint density at radius 1 is 1.18 bits per heavy atom. The van der Waals surface area contributed by atoms with Crippen LogP contribution in [-0.2, 0) is 6.54 Å². The standard InChI is InChI=1S/C19H16FN7O/c20-15-6-14(17(21)28)18(27-19(15)24-9-13-7-22-10-25-13)26-12-5-11-3-1-2-4-16(11)23-8-12/h1-8,10H,9H2,(H2,21,28)(H,22,25)(H2,24,26,27). The van der Waals surface area contributed by atoms with Crippen LogP contribution in [0.25, 0.3) is 10.9 Å². The quantitative estimate of drug-likeness (QED) is 0.410. The van der Waals surface area contributed by atoms with Gasteiger partial charge in [0.1, 0.15) is 5.82 Å². The highest BCUT2D eigenvalue weighted by Gasteiger charge is 2.16. The normalized spacial score (nSPS) is 10.8. The topological polar surface area (TPSA) is 122 Å². The molecule has 0 fully saturated rings. The van der Waals surface area contributed by atoms with Crippen molar-refractivity contribution < 1.29 is 9.18 Å². The molecule has 1 amide bonds. The lowest BCUT2D eigenvalue weighted by molar-refractivity contribution is 0.100. The van der Waals surface area contributed by atoms with Crippen LogP contribution < -0.4 is 16.4 Å². The summed E-state index contributed by atoms with van der Waals surface area (Å²) < 4.78 is 14.4. The van der Waals surface area contributed by atoms with Gasteiger partial charge in [0, 0.05) is 11.6 Å². The third-order valence-corrected chi connectivity index (χ3v) is 4.10. The predicted octanol–water partition coefficient (Wildman–Crippen LogP) is 2.95. The van der Waals surface area contributed by atoms with Gasteiger partial charge in [-0.2, -0.15) is 0 Å². The van der Waals surface area contributed by atoms with Crippen molar-refractivity contribution in [2.24, 2.45) is 5.73 Å². The molecule has 1 aromatic carbocycles. The largest absolute Gasteiger partial charge is 0.365 e. The van der Waals surface area contributed by atoms with Crippen molar-refractivity contribution in [3.63, 3.8) is 0 Å². The van der Waals surface area contributed by atoms with E-state index in [-0.39, 0.29) is 23.7 Å². The molecule has 5 N–H and O–H groups in total. The van der Waals surface area contributed by atoms with E-state index in [4.69, 9.17) is 5.73 Å². The Balaban J connectivity index is 1.66. The van der Waals surface area contributed by atoms with Gasteiger partial charge in [0.05, 0.1) is 41.5 Å². The number of hydrogen-bond acceptors (Lipinski definition) is 6. The molecule has 0 saturated heterocycles. The lowest BCUT2D eigenvalue weighted by atomic mass is 10.2. The molecule has 4 rings (SSSR count). The molecule has 0 saturated carbocycles. The van der Waals surface area contributed by atoms with Crippen LogP contribution >= 0.6 is 0 Å². The maximum absolute atomic E-state index is 14.4. The Morgan fingerprint density at radius 3 is 2.82 bits per heavy atom. The Kier molecular flexibility index (Phi) is 4.55. The van der Waals surface area contributed by atoms with Crippen LogP contribution in [0.5, 0.6) is 0 Å². The first kappa shape index (κ1) is 17.4. The summed E-state index contributed by atoms with van der Waals surface area (Å²) in [6.07, 6.45) is 4.75. The number of rotatable bonds is 6. The van der Waals surface area contributed by atoms with Gasteiger partial charge < -0.3 is 21.4 Å². The number of amides is 1. The van der Waals surface area contributed by atoms with E-state index < -0.39 is 11.7 Å². The Morgan fingerprint density at radius 2 is 2.04 bits per heavy atom. The SMILES string of the molecule is NC(=O)c1cc(F)c(NCc2cnc[nH]2)nc1Nc1cnc2ccccc2c1. The van der Waals surface area contributed by atoms with Gasteiger partial charge in [-0.05, 0) is 18.2 Å². The van der Waals surface area contributed by atoms with Crippen LogP contribution in [0.3, 0.4) is 0 Å². The van der Waals surface area contributed by atoms with Gasteiger partial charge in [-0.3, -0.25) is 9.78 Å². The molecule has 0 bridgehead atoms. The minimum atomic E-state index is -0.789. The van der Waals surface area contributed by atoms with Crippen LogP contribution in [0, 0.1) is 5.82 Å². The number of pyridine rings is 2. The van der Waals surface area contributed by atoms with E-state index in [1.165, 1.54) is 6.33 Å². The molecule has 0 radical (unpaired) electrons. The summed E-state index contributed by atoms with van der Waals surface area (Å²) in [5.74, 6) is -1.35. The van der Waals surface area contributed by atoms with E-state index in [1.54, 1.807) is 12.4 Å². The zero-order valence-electron chi connectivity index (χ0n) is 14.6. The number of H-pyrrole nitrogens is 1. The van der Waals surface area contributed by atoms with E-state index in [0.717, 1.165) is 22.7 Å². The monoisotopic (exact) mass is 377 g/mol. The first-order chi connectivity index (χ1) is 13.6. The fourth-order valence-electron chi connectivity index (χ4n) is 2.73. The van der Waals surface area contributed by atoms with Crippen molar-refractivity contribution in [3.8, 4) is 0 Å². The van der Waals surface area contributed by atoms with Crippen molar-refractivity contribution in [3.05, 3.63) is 72.2 Å². The smallest absolute Gasteiger partial charge is 0.252 e. The van der Waals surface area contributed by atoms with Crippen LogP contribution in [-0.4, -0.2) is 25.8 Å². The Hall–Kier alpha value is -4.01. The van der Waals surface area contributed by atoms with E-state index in [0.29, 0.717) is 5.69 Å². The van der Waals surface area contributed by atoms with Crippen molar-refractivity contribution in [2.75, 3.05) is 10.6 Å². The minimum absolute atomic E-state index is 0.0177. The maximum atomic E-state index is 14.4. The van der Waals surface area contributed by atoms with Gasteiger partial charge in [-0.1, -0.05) is 18.2 Å². The highest BCUT2D eigenvalue weighted by molar-refractivity contribution is 5.98. The van der Waals surface area contributed by atoms with Gasteiger partial charge in [0.25, 0.3) is 5.91 Å². The Bertz CT molecular complexity index is 1140. The summed E-state index contributed by atoms with van der Waals surface area (Å²) >= 11 is 0. The number of nitrogens with zero attached hydrogens (tertiary/aromatic N) is 3. The number of aromatic nitrogens is 4. The minimum Gasteiger partial charge on any atom is -0.365 e. The molecule has 28 heavy (non-hydrogen) atoms. The lowest BCUT2D eigenvalue weighted by Crippen LogP contribution is -2.16. The number of para-hydroxylation sites is 1. The fraction of sp³-hybridized carbons (Fsp3) is 0.0526. The van der Waals surface area contributed by atoms with E-state index in [2.05, 4.69) is 30.6 Å². The second-order valence-corrected chi connectivity index (χ2v) is 6.05. The third-order valence-electron chi connectivity index (χ3n) is 4.10. The molecule has 3 heterocycles. The summed E-state index contributed by atoms with van der Waals surface area (Å²) in [5, 5.41) is 6.79. The van der Waals surface area contributed by atoms with E-state index >= 15 is 0 Å². The average Bonchev–Trinajstić information content (AvgIpc) is 3.21. The van der Waals surface area contributed by atoms with Gasteiger partial charge >= 0.3 is 0 Å². The Labute approximate surface area is 159 Å². The molecule has 0 atom stereocenters. The maximum Gasteiger partial charge on any atom is 0.252 e. The highest BCUT2D eigenvalue weighted by atomic mass is 19.1. The van der Waals surface area contributed by atoms with E-state index in [9.17, 15) is 9.18 Å². The number of fused-ring (bicyclic) bond motifs is 1. The number of aromatic amines is 1. The molecule has 0 unspecified atom stereocenters. The molecule has 0 aliphatic carbocycles. The molecule has 0 spiro atoms. The van der Waals surface area contributed by atoms with Crippen LogP contribution in [0.2, 0.25) is 0 Å². The molecular formula is C19H16FN7O. The third kappa shape index (κ3) is 3.58. The van der Waals surface area contributed by atoms with Gasteiger partial charge in [0.2, 0.25) is 0 Å². The molecule has 3 aromatic heterocycles. The summed E-state index contributed by atoms with van der Waals surface area (Å²) in [6, 6.07) is 10.5. The fourth-order valence-corrected chi connectivity index (χ4v) is 2.73. The van der Waals surface area contributed by atoms with Gasteiger partial charge in [0.15, 0.2) is 11.6 Å². The number of imidazole rings is 1. The van der Waals surface area contributed by atoms with E-state index in [1.807, 2.05) is 30.3 Å². The zero-order valence-corrected chi connectivity index (χ0v) is 14.6. The van der Waals surface area contributed by atoms with Crippen molar-refractivity contribution in [1.82, 2.24) is 19.9 Å². The zero-order chi connectivity index (χ0) is 19.5. The molecule has 4 aromatic rings. The summed E-state index contributed by atoms with van der Waals surface area (Å²) in [4.78, 5) is 27.1. The number of nitrogens with two attached hydrogens (primary N) is 1. The number of primary amides is 1. The number of halogens is 1. The number of benzene rings is 1. The second-order valence-electron chi connectivity index (χ2n) is 6.05. The highest BCUT2D eigenvalue weighted by Crippen LogP contribution is 2.25. The predicted molar refractivity (Wildman–Crippen MR) is 104 cm³/mol. The molecule has 0 aliphatic rings. The molecule has 8 nitrogen and oxygen atoms in total. The summed E-state index contributed by atoms with van der Waals surface area (Å²) in [5.41, 5.74) is 7.52. The number of carbonyl (C=O) groups is 1. The lowest BCUT2D eigenvalue weighted by Gasteiger charge is -2.13. The summed E-state index contributed by atoms with van der Waals surface area (Å²) in [6.45, 7) is 0.289. The first-order valence-electron chi connectivity index (χ1n) is 8.43. The number of nitrogens with one attached hydrogen (secondary N) is 3. The molecule has 9 heteroatoms. The van der Waals surface area contributed by atoms with Gasteiger partial charge in [-0.15, -0.1) is 0 Å². The second kappa shape index (κ2) is 7.31. The van der Waals surface area contributed by atoms with Crippen molar-refractivity contribution >= 4 is 34.1 Å². The first-order valence-corrected chi connectivity index (χ1v) is 8.43. The average molecular weight is 377 g/mol. The van der Waals surface area contributed by atoms with Gasteiger partial charge in [-0.25, -0.2) is 14.4 Å². The molecular weight excluding hydrogens is 361 g/mol. The van der Waals surface area contributed by atoms with Crippen LogP contribution in [0.1, 0.15) is 16.1 Å².